The fourth-order valence-electron chi connectivity index (χ4n) is 1.47. The minimum Gasteiger partial charge on any atom is -0.300 e. The van der Waals surface area contributed by atoms with E-state index in [1.807, 2.05) is 0 Å². The SMILES string of the molecule is CC(C)N1CC(CS(C)=O)C1. The second-order valence-corrected chi connectivity index (χ2v) is 5.13. The van der Waals surface area contributed by atoms with Crippen molar-refractivity contribution in [2.24, 2.45) is 5.92 Å². The van der Waals surface area contributed by atoms with Gasteiger partial charge in [0.2, 0.25) is 0 Å². The third kappa shape index (κ3) is 2.56. The Balaban J connectivity index is 2.14. The number of nitrogens with zero attached hydrogens (tertiary/aromatic N) is 1. The maximum atomic E-state index is 10.8. The van der Waals surface area contributed by atoms with E-state index in [4.69, 9.17) is 0 Å². The standard InChI is InChI=1S/C8H17NOS/c1-7(2)9-4-8(5-9)6-11(3)10/h7-8H,4-6H2,1-3H3. The van der Waals surface area contributed by atoms with E-state index in [0.717, 1.165) is 18.8 Å². The molecule has 0 radical (unpaired) electrons. The van der Waals surface area contributed by atoms with Crippen LogP contribution in [0.15, 0.2) is 0 Å². The van der Waals surface area contributed by atoms with Crippen LogP contribution in [0, 0.1) is 5.92 Å². The number of hydrogen-bond acceptors (Lipinski definition) is 2. The van der Waals surface area contributed by atoms with E-state index in [9.17, 15) is 4.21 Å². The summed E-state index contributed by atoms with van der Waals surface area (Å²) in [5.41, 5.74) is 0. The molecule has 0 aromatic carbocycles. The Morgan fingerprint density at radius 1 is 1.55 bits per heavy atom. The molecule has 0 aliphatic carbocycles. The Hall–Kier alpha value is 0.110. The maximum Gasteiger partial charge on any atom is 0.0284 e. The smallest absolute Gasteiger partial charge is 0.0284 e. The van der Waals surface area contributed by atoms with Crippen LogP contribution in [-0.2, 0) is 10.8 Å². The van der Waals surface area contributed by atoms with Gasteiger partial charge in [0, 0.05) is 41.9 Å². The van der Waals surface area contributed by atoms with E-state index in [1.54, 1.807) is 6.26 Å². The van der Waals surface area contributed by atoms with E-state index in [0.29, 0.717) is 12.0 Å². The first-order chi connectivity index (χ1) is 5.09. The maximum absolute atomic E-state index is 10.8. The van der Waals surface area contributed by atoms with Crippen molar-refractivity contribution < 1.29 is 4.21 Å². The fourth-order valence-corrected chi connectivity index (χ4v) is 2.34. The van der Waals surface area contributed by atoms with Gasteiger partial charge in [-0.05, 0) is 19.8 Å². The first kappa shape index (κ1) is 9.20. The number of likely N-dealkylation sites (tertiary alicyclic amines) is 1. The van der Waals surface area contributed by atoms with Crippen LogP contribution in [0.25, 0.3) is 0 Å². The Morgan fingerprint density at radius 3 is 2.45 bits per heavy atom. The summed E-state index contributed by atoms with van der Waals surface area (Å²) in [4.78, 5) is 2.41. The molecule has 1 fully saturated rings. The van der Waals surface area contributed by atoms with E-state index in [-0.39, 0.29) is 0 Å². The van der Waals surface area contributed by atoms with Crippen molar-refractivity contribution in [3.8, 4) is 0 Å². The average Bonchev–Trinajstić information content (AvgIpc) is 1.75. The van der Waals surface area contributed by atoms with Crippen LogP contribution in [0.5, 0.6) is 0 Å². The molecule has 3 heteroatoms. The second kappa shape index (κ2) is 3.68. The van der Waals surface area contributed by atoms with Gasteiger partial charge >= 0.3 is 0 Å². The first-order valence-corrected chi connectivity index (χ1v) is 5.86. The lowest BCUT2D eigenvalue weighted by Gasteiger charge is -2.41. The zero-order valence-electron chi connectivity index (χ0n) is 7.54. The molecule has 0 aromatic heterocycles. The molecule has 0 amide bonds. The van der Waals surface area contributed by atoms with Crippen molar-refractivity contribution in [3.63, 3.8) is 0 Å². The van der Waals surface area contributed by atoms with Gasteiger partial charge < -0.3 is 4.90 Å². The summed E-state index contributed by atoms with van der Waals surface area (Å²) in [5.74, 6) is 1.59. The fraction of sp³-hybridized carbons (Fsp3) is 1.00. The van der Waals surface area contributed by atoms with Crippen molar-refractivity contribution in [1.82, 2.24) is 4.90 Å². The first-order valence-electron chi connectivity index (χ1n) is 4.13. The summed E-state index contributed by atoms with van der Waals surface area (Å²) < 4.78 is 10.8. The van der Waals surface area contributed by atoms with Gasteiger partial charge in [0.15, 0.2) is 0 Å². The zero-order valence-corrected chi connectivity index (χ0v) is 8.36. The van der Waals surface area contributed by atoms with E-state index in [1.165, 1.54) is 0 Å². The van der Waals surface area contributed by atoms with Gasteiger partial charge in [-0.25, -0.2) is 0 Å². The molecule has 1 heterocycles. The highest BCUT2D eigenvalue weighted by molar-refractivity contribution is 7.84. The summed E-state index contributed by atoms with van der Waals surface area (Å²) in [6, 6.07) is 0.663. The van der Waals surface area contributed by atoms with Gasteiger partial charge in [0.05, 0.1) is 0 Å². The molecule has 66 valence electrons. The molecule has 1 atom stereocenters. The van der Waals surface area contributed by atoms with Crippen LogP contribution in [0.3, 0.4) is 0 Å². The van der Waals surface area contributed by atoms with Crippen molar-refractivity contribution in [2.75, 3.05) is 25.1 Å². The molecule has 2 nitrogen and oxygen atoms in total. The third-order valence-electron chi connectivity index (χ3n) is 2.19. The van der Waals surface area contributed by atoms with Crippen molar-refractivity contribution in [2.45, 2.75) is 19.9 Å². The molecule has 0 bridgehead atoms. The molecular formula is C8H17NOS. The average molecular weight is 175 g/mol. The van der Waals surface area contributed by atoms with Crippen molar-refractivity contribution in [1.29, 1.82) is 0 Å². The highest BCUT2D eigenvalue weighted by atomic mass is 32.2. The van der Waals surface area contributed by atoms with Gasteiger partial charge in [0.1, 0.15) is 0 Å². The molecule has 11 heavy (non-hydrogen) atoms. The van der Waals surface area contributed by atoms with E-state index >= 15 is 0 Å². The summed E-state index contributed by atoms with van der Waals surface area (Å²) >= 11 is 0. The summed E-state index contributed by atoms with van der Waals surface area (Å²) in [5, 5.41) is 0. The lowest BCUT2D eigenvalue weighted by Crippen LogP contribution is -2.51. The minimum absolute atomic E-state index is 0.599. The predicted molar refractivity (Wildman–Crippen MR) is 49.1 cm³/mol. The molecule has 0 aromatic rings. The Kier molecular flexibility index (Phi) is 3.07. The highest BCUT2D eigenvalue weighted by Crippen LogP contribution is 2.18. The van der Waals surface area contributed by atoms with Gasteiger partial charge in [-0.3, -0.25) is 4.21 Å². The molecule has 1 saturated heterocycles. The summed E-state index contributed by atoms with van der Waals surface area (Å²) in [7, 11) is -0.599. The van der Waals surface area contributed by atoms with Crippen LogP contribution in [0.2, 0.25) is 0 Å². The lowest BCUT2D eigenvalue weighted by atomic mass is 10.0. The van der Waals surface area contributed by atoms with Gasteiger partial charge in [-0.2, -0.15) is 0 Å². The van der Waals surface area contributed by atoms with Crippen molar-refractivity contribution in [3.05, 3.63) is 0 Å². The predicted octanol–water partition coefficient (Wildman–Crippen LogP) is 0.705. The normalized spacial score (nSPS) is 23.6. The number of hydrogen-bond donors (Lipinski definition) is 0. The molecular weight excluding hydrogens is 158 g/mol. The lowest BCUT2D eigenvalue weighted by molar-refractivity contribution is 0.0809. The molecule has 1 unspecified atom stereocenters. The van der Waals surface area contributed by atoms with Crippen LogP contribution in [-0.4, -0.2) is 40.2 Å². The quantitative estimate of drug-likeness (QED) is 0.629. The number of rotatable bonds is 3. The molecule has 1 aliphatic heterocycles. The molecule has 0 N–H and O–H groups in total. The Labute approximate surface area is 71.4 Å². The monoisotopic (exact) mass is 175 g/mol. The summed E-state index contributed by atoms with van der Waals surface area (Å²) in [6.07, 6.45) is 1.79. The third-order valence-corrected chi connectivity index (χ3v) is 3.13. The molecule has 1 rings (SSSR count). The van der Waals surface area contributed by atoms with Crippen LogP contribution in [0.4, 0.5) is 0 Å². The van der Waals surface area contributed by atoms with Gasteiger partial charge in [0.25, 0.3) is 0 Å². The van der Waals surface area contributed by atoms with Crippen LogP contribution >= 0.6 is 0 Å². The summed E-state index contributed by atoms with van der Waals surface area (Å²) in [6.45, 7) is 6.72. The topological polar surface area (TPSA) is 20.3 Å². The van der Waals surface area contributed by atoms with E-state index < -0.39 is 10.8 Å². The van der Waals surface area contributed by atoms with Crippen molar-refractivity contribution >= 4 is 10.8 Å². The molecule has 0 spiro atoms. The Morgan fingerprint density at radius 2 is 2.09 bits per heavy atom. The van der Waals surface area contributed by atoms with Crippen LogP contribution in [0.1, 0.15) is 13.8 Å². The van der Waals surface area contributed by atoms with Gasteiger partial charge in [-0.15, -0.1) is 0 Å². The van der Waals surface area contributed by atoms with Gasteiger partial charge in [-0.1, -0.05) is 0 Å². The minimum atomic E-state index is -0.599. The molecule has 1 aliphatic rings. The molecule has 0 saturated carbocycles. The second-order valence-electron chi connectivity index (χ2n) is 3.65. The highest BCUT2D eigenvalue weighted by Gasteiger charge is 2.28. The Bertz CT molecular complexity index is 152. The van der Waals surface area contributed by atoms with Crippen LogP contribution < -0.4 is 0 Å². The van der Waals surface area contributed by atoms with E-state index in [2.05, 4.69) is 18.7 Å². The largest absolute Gasteiger partial charge is 0.300 e. The zero-order chi connectivity index (χ0) is 8.43.